The number of ether oxygens (including phenoxy) is 1. The van der Waals surface area contributed by atoms with Gasteiger partial charge in [-0.2, -0.15) is 0 Å². The fourth-order valence-corrected chi connectivity index (χ4v) is 6.99. The molecule has 2 N–H and O–H groups in total. The molecule has 194 valence electrons. The van der Waals surface area contributed by atoms with E-state index in [1.165, 1.54) is 24.3 Å². The van der Waals surface area contributed by atoms with Gasteiger partial charge >= 0.3 is 0 Å². The number of hydrogen-bond donors (Lipinski definition) is 2. The molecule has 0 aromatic heterocycles. The Bertz CT molecular complexity index is 1510. The zero-order valence-corrected chi connectivity index (χ0v) is 22.8. The van der Waals surface area contributed by atoms with Crippen LogP contribution in [0.5, 0.6) is 5.75 Å². The van der Waals surface area contributed by atoms with Crippen molar-refractivity contribution in [2.75, 3.05) is 17.3 Å². The van der Waals surface area contributed by atoms with Crippen LogP contribution in [-0.2, 0) is 26.3 Å². The van der Waals surface area contributed by atoms with Gasteiger partial charge in [0.25, 0.3) is 0 Å². The smallest absolute Gasteiger partial charge is 0.250 e. The zero-order valence-electron chi connectivity index (χ0n) is 19.7. The van der Waals surface area contributed by atoms with Crippen molar-refractivity contribution in [3.05, 3.63) is 85.8 Å². The van der Waals surface area contributed by atoms with Crippen LogP contribution in [0.2, 0.25) is 20.1 Å². The van der Waals surface area contributed by atoms with Gasteiger partial charge in [-0.05, 0) is 54.4 Å². The van der Waals surface area contributed by atoms with Crippen molar-refractivity contribution in [2.24, 2.45) is 11.8 Å². The van der Waals surface area contributed by atoms with Gasteiger partial charge in [0.15, 0.2) is 0 Å². The number of carbonyl (C=O) groups excluding carboxylic acids is 3. The Kier molecular flexibility index (Phi) is 6.13. The SMILES string of the molecule is COc1ccc(CC2NC3(C(=O)Nc4c(Cl)cc(Cl)cc43)C3C(=O)N(c4cc(Cl)cc(Cl)c4)C(=O)C23)cc1. The fourth-order valence-electron chi connectivity index (χ4n) is 5.94. The Morgan fingerprint density at radius 2 is 1.55 bits per heavy atom. The van der Waals surface area contributed by atoms with Crippen LogP contribution in [0.15, 0.2) is 54.6 Å². The Morgan fingerprint density at radius 1 is 0.895 bits per heavy atom. The molecule has 3 heterocycles. The van der Waals surface area contributed by atoms with Gasteiger partial charge in [-0.25, -0.2) is 4.90 Å². The molecule has 3 amide bonds. The highest BCUT2D eigenvalue weighted by Crippen LogP contribution is 2.55. The van der Waals surface area contributed by atoms with E-state index in [9.17, 15) is 14.4 Å². The molecule has 4 unspecified atom stereocenters. The number of rotatable bonds is 4. The van der Waals surface area contributed by atoms with Gasteiger partial charge < -0.3 is 10.1 Å². The normalized spacial score (nSPS) is 25.7. The minimum atomic E-state index is -1.56. The molecule has 3 aliphatic heterocycles. The number of carbonyl (C=O) groups is 3. The second kappa shape index (κ2) is 9.14. The number of anilines is 2. The van der Waals surface area contributed by atoms with E-state index in [0.717, 1.165) is 10.5 Å². The van der Waals surface area contributed by atoms with E-state index >= 15 is 0 Å². The highest BCUT2D eigenvalue weighted by atomic mass is 35.5. The molecular formula is C27H19Cl4N3O4. The molecule has 6 rings (SSSR count). The van der Waals surface area contributed by atoms with Crippen molar-refractivity contribution < 1.29 is 19.1 Å². The van der Waals surface area contributed by atoms with Crippen molar-refractivity contribution in [3.8, 4) is 5.75 Å². The lowest BCUT2D eigenvalue weighted by atomic mass is 9.76. The predicted octanol–water partition coefficient (Wildman–Crippen LogP) is 5.48. The largest absolute Gasteiger partial charge is 0.497 e. The maximum Gasteiger partial charge on any atom is 0.250 e. The summed E-state index contributed by atoms with van der Waals surface area (Å²) in [5.41, 5.74) is 0.371. The lowest BCUT2D eigenvalue weighted by molar-refractivity contribution is -0.130. The molecule has 2 saturated heterocycles. The number of benzene rings is 3. The number of halogens is 4. The molecule has 0 radical (unpaired) electrons. The molecule has 1 spiro atoms. The number of imide groups is 1. The first-order valence-corrected chi connectivity index (χ1v) is 13.2. The van der Waals surface area contributed by atoms with Gasteiger partial charge in [0.1, 0.15) is 11.3 Å². The maximum atomic E-state index is 14.1. The van der Waals surface area contributed by atoms with Crippen LogP contribution in [0.1, 0.15) is 11.1 Å². The van der Waals surface area contributed by atoms with Crippen LogP contribution in [0.4, 0.5) is 11.4 Å². The third kappa shape index (κ3) is 3.72. The van der Waals surface area contributed by atoms with Crippen LogP contribution in [-0.4, -0.2) is 30.9 Å². The van der Waals surface area contributed by atoms with E-state index in [2.05, 4.69) is 10.6 Å². The minimum absolute atomic E-state index is 0.241. The van der Waals surface area contributed by atoms with Crippen LogP contribution in [0.25, 0.3) is 0 Å². The number of fused-ring (bicyclic) bond motifs is 4. The van der Waals surface area contributed by atoms with E-state index in [1.54, 1.807) is 13.2 Å². The molecule has 0 saturated carbocycles. The molecule has 38 heavy (non-hydrogen) atoms. The van der Waals surface area contributed by atoms with E-state index in [0.29, 0.717) is 28.4 Å². The van der Waals surface area contributed by atoms with Crippen molar-refractivity contribution in [1.82, 2.24) is 5.32 Å². The summed E-state index contributed by atoms with van der Waals surface area (Å²) >= 11 is 25.2. The molecule has 3 aliphatic rings. The van der Waals surface area contributed by atoms with Crippen molar-refractivity contribution in [3.63, 3.8) is 0 Å². The van der Waals surface area contributed by atoms with Crippen molar-refractivity contribution in [2.45, 2.75) is 18.0 Å². The number of amides is 3. The minimum Gasteiger partial charge on any atom is -0.497 e. The molecule has 3 aromatic carbocycles. The fraction of sp³-hybridized carbons (Fsp3) is 0.222. The molecule has 3 aromatic rings. The molecule has 11 heteroatoms. The number of methoxy groups -OCH3 is 1. The first-order valence-electron chi connectivity index (χ1n) is 11.7. The Hall–Kier alpha value is -2.81. The highest BCUT2D eigenvalue weighted by molar-refractivity contribution is 6.38. The number of nitrogens with one attached hydrogen (secondary N) is 2. The Morgan fingerprint density at radius 3 is 2.21 bits per heavy atom. The first-order chi connectivity index (χ1) is 18.1. The summed E-state index contributed by atoms with van der Waals surface area (Å²) in [4.78, 5) is 42.9. The first kappa shape index (κ1) is 25.5. The summed E-state index contributed by atoms with van der Waals surface area (Å²) in [5.74, 6) is -2.70. The third-order valence-corrected chi connectivity index (χ3v) is 8.41. The average molecular weight is 591 g/mol. The summed E-state index contributed by atoms with van der Waals surface area (Å²) in [5, 5.41) is 7.28. The van der Waals surface area contributed by atoms with E-state index in [1.807, 2.05) is 24.3 Å². The summed E-state index contributed by atoms with van der Waals surface area (Å²) in [6.07, 6.45) is 0.368. The second-order valence-corrected chi connectivity index (χ2v) is 11.2. The Labute approximate surface area is 237 Å². The van der Waals surface area contributed by atoms with Gasteiger partial charge in [-0.3, -0.25) is 19.7 Å². The summed E-state index contributed by atoms with van der Waals surface area (Å²) in [6, 6.07) is 14.5. The van der Waals surface area contributed by atoms with Crippen molar-refractivity contribution in [1.29, 1.82) is 0 Å². The monoisotopic (exact) mass is 589 g/mol. The van der Waals surface area contributed by atoms with Crippen molar-refractivity contribution >= 4 is 75.5 Å². The summed E-state index contributed by atoms with van der Waals surface area (Å²) < 4.78 is 5.25. The summed E-state index contributed by atoms with van der Waals surface area (Å²) in [7, 11) is 1.58. The molecule has 4 atom stereocenters. The van der Waals surface area contributed by atoms with Gasteiger partial charge in [0.2, 0.25) is 17.7 Å². The molecule has 7 nitrogen and oxygen atoms in total. The average Bonchev–Trinajstić information content (AvgIpc) is 3.44. The van der Waals surface area contributed by atoms with Crippen LogP contribution >= 0.6 is 46.4 Å². The lowest BCUT2D eigenvalue weighted by Crippen LogP contribution is -2.53. The van der Waals surface area contributed by atoms with Gasteiger partial charge in [-0.15, -0.1) is 0 Å². The Balaban J connectivity index is 1.50. The molecular weight excluding hydrogens is 572 g/mol. The van der Waals surface area contributed by atoms with E-state index < -0.39 is 41.1 Å². The van der Waals surface area contributed by atoms with Gasteiger partial charge in [0.05, 0.1) is 35.3 Å². The van der Waals surface area contributed by atoms with Gasteiger partial charge in [0, 0.05) is 26.7 Å². The highest BCUT2D eigenvalue weighted by Gasteiger charge is 2.70. The molecule has 0 bridgehead atoms. The number of nitrogens with zero attached hydrogens (tertiary/aromatic N) is 1. The topological polar surface area (TPSA) is 87.7 Å². The number of hydrogen-bond acceptors (Lipinski definition) is 5. The van der Waals surface area contributed by atoms with Crippen LogP contribution < -0.4 is 20.3 Å². The van der Waals surface area contributed by atoms with Gasteiger partial charge in [-0.1, -0.05) is 58.5 Å². The maximum absolute atomic E-state index is 14.1. The quantitative estimate of drug-likeness (QED) is 0.393. The van der Waals surface area contributed by atoms with Crippen LogP contribution in [0, 0.1) is 11.8 Å². The molecule has 2 fully saturated rings. The molecule has 0 aliphatic carbocycles. The standard InChI is InChI=1S/C27H19Cl4N3O4/c1-38-17-4-2-12(3-5-17)6-20-21-22(25(36)34(24(21)35)16-8-13(28)7-14(29)9-16)27(33-20)18-10-15(30)11-19(31)23(18)32-26(27)37/h2-5,7-11,20-22,33H,6H2,1H3,(H,32,37). The lowest BCUT2D eigenvalue weighted by Gasteiger charge is -2.29. The summed E-state index contributed by atoms with van der Waals surface area (Å²) in [6.45, 7) is 0. The second-order valence-electron chi connectivity index (χ2n) is 9.52. The zero-order chi connectivity index (χ0) is 26.9. The third-order valence-electron chi connectivity index (χ3n) is 7.46. The van der Waals surface area contributed by atoms with Crippen LogP contribution in [0.3, 0.4) is 0 Å². The predicted molar refractivity (Wildman–Crippen MR) is 146 cm³/mol. The van der Waals surface area contributed by atoms with E-state index in [4.69, 9.17) is 51.1 Å². The van der Waals surface area contributed by atoms with E-state index in [-0.39, 0.29) is 20.8 Å².